The number of anilines is 2. The van der Waals surface area contributed by atoms with Gasteiger partial charge in [0.1, 0.15) is 5.82 Å². The van der Waals surface area contributed by atoms with Crippen molar-refractivity contribution in [3.8, 4) is 0 Å². The van der Waals surface area contributed by atoms with Gasteiger partial charge in [0.2, 0.25) is 0 Å². The van der Waals surface area contributed by atoms with Gasteiger partial charge in [-0.05, 0) is 131 Å². The van der Waals surface area contributed by atoms with Crippen molar-refractivity contribution in [1.29, 1.82) is 0 Å². The molecule has 4 fully saturated rings. The molecule has 0 amide bonds. The molecule has 1 heterocycles. The Balaban J connectivity index is 0.00000150. The number of benzene rings is 3. The molecule has 0 radical (unpaired) electrons. The molecule has 282 valence electrons. The number of allylic oxidation sites excluding steroid dienone is 2. The van der Waals surface area contributed by atoms with Gasteiger partial charge in [-0.1, -0.05) is 118 Å². The monoisotopic (exact) mass is 844 g/mol. The molecule has 0 aromatic heterocycles. The van der Waals surface area contributed by atoms with E-state index in [2.05, 4.69) is 112 Å². The van der Waals surface area contributed by atoms with Gasteiger partial charge in [0.25, 0.3) is 0 Å². The predicted octanol–water partition coefficient (Wildman–Crippen LogP) is 14.2. The van der Waals surface area contributed by atoms with E-state index >= 15 is 0 Å². The topological polar surface area (TPSA) is 6.48 Å². The molecule has 1 atom stereocenters. The first kappa shape index (κ1) is 40.0. The Morgan fingerprint density at radius 2 is 1.06 bits per heavy atom. The molecule has 3 aliphatic carbocycles. The first-order chi connectivity index (χ1) is 25.2. The van der Waals surface area contributed by atoms with Crippen LogP contribution in [-0.2, 0) is 15.1 Å². The molecule has 3 aromatic rings. The second-order valence-corrected chi connectivity index (χ2v) is 21.7. The van der Waals surface area contributed by atoms with E-state index < -0.39 is 0 Å². The van der Waals surface area contributed by atoms with Crippen molar-refractivity contribution in [2.75, 3.05) is 22.9 Å². The summed E-state index contributed by atoms with van der Waals surface area (Å²) in [5.74, 6) is 1.52. The Hall–Kier alpha value is -1.63. The van der Waals surface area contributed by atoms with Crippen LogP contribution in [0.3, 0.4) is 0 Å². The van der Waals surface area contributed by atoms with Crippen molar-refractivity contribution >= 4 is 44.8 Å². The summed E-state index contributed by atoms with van der Waals surface area (Å²) < 4.78 is 0. The van der Waals surface area contributed by atoms with Crippen LogP contribution in [-0.4, -0.2) is 30.1 Å². The summed E-state index contributed by atoms with van der Waals surface area (Å²) in [7, 11) is 9.57. The van der Waals surface area contributed by atoms with Gasteiger partial charge in [0.15, 0.2) is 0 Å². The van der Waals surface area contributed by atoms with Gasteiger partial charge in [-0.2, -0.15) is 0 Å². The Morgan fingerprint density at radius 1 is 0.615 bits per heavy atom. The van der Waals surface area contributed by atoms with Crippen LogP contribution in [0.25, 0.3) is 6.08 Å². The fourth-order valence-electron chi connectivity index (χ4n) is 10.5. The van der Waals surface area contributed by atoms with E-state index in [-0.39, 0.29) is 23.1 Å². The standard InChI is InChI=1S/C46H61N2P.2ClH.Ru/c1-32-27-34(3)44(35(4)28-32)47-25-26-48(45-36(5)29-33(2)30-37(45)6)46(47)43-39(31-38-17-10-7-11-18-38)19-16-24-42(43)49(40-20-12-8-13-21-40)41-22-14-9-15-23-41;;;/h7,10-11,17-18,27-31,40-42H,8-9,12-16,19-26H2,1-6H3;2*1H;/q;;;+2/p-2. The molecule has 6 heteroatoms. The Labute approximate surface area is 333 Å². The van der Waals surface area contributed by atoms with Gasteiger partial charge in [-0.15, -0.1) is 0 Å². The summed E-state index contributed by atoms with van der Waals surface area (Å²) in [6, 6.07) is 21.0. The van der Waals surface area contributed by atoms with Gasteiger partial charge >= 0.3 is 34.5 Å². The molecular weight excluding hydrogens is 783 g/mol. The Kier molecular flexibility index (Phi) is 14.5. The number of halogens is 2. The van der Waals surface area contributed by atoms with E-state index in [4.69, 9.17) is 19.4 Å². The molecule has 3 aromatic carbocycles. The number of rotatable bonds is 6. The molecule has 1 unspecified atom stereocenters. The number of aryl methyl sites for hydroxylation is 6. The van der Waals surface area contributed by atoms with E-state index in [0.29, 0.717) is 5.66 Å². The van der Waals surface area contributed by atoms with Crippen molar-refractivity contribution in [3.63, 3.8) is 0 Å². The van der Waals surface area contributed by atoms with Gasteiger partial charge in [0, 0.05) is 35.7 Å². The van der Waals surface area contributed by atoms with E-state index in [9.17, 15) is 0 Å². The van der Waals surface area contributed by atoms with Crippen LogP contribution >= 0.6 is 27.3 Å². The average molecular weight is 845 g/mol. The molecular formula is C46H61Cl2N2PRu. The van der Waals surface area contributed by atoms with Crippen molar-refractivity contribution in [1.82, 2.24) is 0 Å². The third-order valence-electron chi connectivity index (χ3n) is 12.2. The number of hydrogen-bond donors (Lipinski definition) is 0. The predicted molar refractivity (Wildman–Crippen MR) is 227 cm³/mol. The SMILES string of the molecule is Cc1cc(C)c(N2CCN(c3c(C)cc(C)cc3C)C2=C2C(=Cc3ccccc3)CCCC2P(C2CCCCC2)C2CCCCC2)c(C)c1.[Cl][Ru][Cl]. The van der Waals surface area contributed by atoms with Crippen LogP contribution in [0, 0.1) is 41.5 Å². The normalized spacial score (nSPS) is 21.3. The average Bonchev–Trinajstić information content (AvgIpc) is 3.52. The van der Waals surface area contributed by atoms with Gasteiger partial charge in [-0.25, -0.2) is 0 Å². The van der Waals surface area contributed by atoms with Crippen LogP contribution in [0.15, 0.2) is 71.6 Å². The fourth-order valence-corrected chi connectivity index (χ4v) is 15.1. The van der Waals surface area contributed by atoms with Crippen LogP contribution < -0.4 is 9.80 Å². The van der Waals surface area contributed by atoms with E-state index in [0.717, 1.165) is 24.4 Å². The van der Waals surface area contributed by atoms with Gasteiger partial charge in [-0.3, -0.25) is 0 Å². The molecule has 3 saturated carbocycles. The molecule has 52 heavy (non-hydrogen) atoms. The summed E-state index contributed by atoms with van der Waals surface area (Å²) in [6.45, 7) is 16.0. The Morgan fingerprint density at radius 3 is 1.50 bits per heavy atom. The minimum atomic E-state index is -0.346. The molecule has 0 spiro atoms. The van der Waals surface area contributed by atoms with Crippen LogP contribution in [0.1, 0.15) is 122 Å². The first-order valence-corrected chi connectivity index (χ1v) is 26.1. The molecule has 0 bridgehead atoms. The van der Waals surface area contributed by atoms with E-state index in [1.165, 1.54) is 140 Å². The maximum absolute atomic E-state index is 4.85. The fraction of sp³-hybridized carbons (Fsp3) is 0.522. The molecule has 4 aliphatic rings. The van der Waals surface area contributed by atoms with Crippen LogP contribution in [0.4, 0.5) is 11.4 Å². The second-order valence-electron chi connectivity index (χ2n) is 16.1. The maximum atomic E-state index is 4.85. The van der Waals surface area contributed by atoms with Gasteiger partial charge in [0.05, 0.1) is 0 Å². The minimum absolute atomic E-state index is 0.141. The zero-order chi connectivity index (χ0) is 36.8. The summed E-state index contributed by atoms with van der Waals surface area (Å²) in [5.41, 5.74) is 18.5. The third kappa shape index (κ3) is 9.08. The summed E-state index contributed by atoms with van der Waals surface area (Å²) in [5, 5.41) is 0. The molecule has 2 nitrogen and oxygen atoms in total. The third-order valence-corrected chi connectivity index (χ3v) is 16.2. The molecule has 0 N–H and O–H groups in total. The summed E-state index contributed by atoms with van der Waals surface area (Å²) in [6.07, 6.45) is 21.1. The van der Waals surface area contributed by atoms with Crippen LogP contribution in [0.2, 0.25) is 0 Å². The molecule has 1 saturated heterocycles. The van der Waals surface area contributed by atoms with Crippen molar-refractivity contribution in [3.05, 3.63) is 111 Å². The molecule has 7 rings (SSSR count). The van der Waals surface area contributed by atoms with Crippen molar-refractivity contribution in [2.45, 2.75) is 142 Å². The molecule has 1 aliphatic heterocycles. The first-order valence-electron chi connectivity index (χ1n) is 20.0. The summed E-state index contributed by atoms with van der Waals surface area (Å²) >= 11 is -0.346. The quantitative estimate of drug-likeness (QED) is 0.180. The zero-order valence-electron chi connectivity index (χ0n) is 32.6. The van der Waals surface area contributed by atoms with E-state index in [1.54, 1.807) is 11.1 Å². The Bertz CT molecular complexity index is 1590. The number of nitrogens with zero attached hydrogens (tertiary/aromatic N) is 2. The van der Waals surface area contributed by atoms with Crippen molar-refractivity contribution in [2.24, 2.45) is 0 Å². The second kappa shape index (κ2) is 18.8. The van der Waals surface area contributed by atoms with Crippen LogP contribution in [0.5, 0.6) is 0 Å². The van der Waals surface area contributed by atoms with E-state index in [1.807, 2.05) is 0 Å². The zero-order valence-corrected chi connectivity index (χ0v) is 36.7. The van der Waals surface area contributed by atoms with Gasteiger partial charge < -0.3 is 9.80 Å². The van der Waals surface area contributed by atoms with Crippen molar-refractivity contribution < 1.29 is 15.1 Å². The number of hydrogen-bond acceptors (Lipinski definition) is 2. The summed E-state index contributed by atoms with van der Waals surface area (Å²) in [4.78, 5) is 5.62.